The quantitative estimate of drug-likeness (QED) is 0.729. The highest BCUT2D eigenvalue weighted by Crippen LogP contribution is 2.29. The SMILES string of the molecule is Cc1ccnc2nc(C(=O)N(C)Cc3ccc(C(F)(F)F)cc3)nn12. The Morgan fingerprint density at radius 2 is 1.88 bits per heavy atom. The molecule has 0 atom stereocenters. The van der Waals surface area contributed by atoms with Gasteiger partial charge in [0.1, 0.15) is 0 Å². The molecule has 0 aliphatic heterocycles. The van der Waals surface area contributed by atoms with Crippen LogP contribution in [0.2, 0.25) is 0 Å². The van der Waals surface area contributed by atoms with Crippen LogP contribution in [0.5, 0.6) is 0 Å². The molecule has 3 rings (SSSR count). The van der Waals surface area contributed by atoms with E-state index in [1.165, 1.54) is 28.6 Å². The van der Waals surface area contributed by atoms with E-state index < -0.39 is 17.6 Å². The molecule has 25 heavy (non-hydrogen) atoms. The molecule has 0 radical (unpaired) electrons. The number of hydrogen-bond donors (Lipinski definition) is 0. The fourth-order valence-corrected chi connectivity index (χ4v) is 2.31. The molecular formula is C16H14F3N5O. The molecule has 0 spiro atoms. The minimum Gasteiger partial charge on any atom is -0.335 e. The number of nitrogens with zero attached hydrogens (tertiary/aromatic N) is 5. The highest BCUT2D eigenvalue weighted by molar-refractivity contribution is 5.90. The minimum absolute atomic E-state index is 0.0174. The Bertz CT molecular complexity index is 918. The van der Waals surface area contributed by atoms with Crippen molar-refractivity contribution in [2.75, 3.05) is 7.05 Å². The summed E-state index contributed by atoms with van der Waals surface area (Å²) in [5.74, 6) is -0.146. The van der Waals surface area contributed by atoms with E-state index in [2.05, 4.69) is 15.1 Å². The molecule has 0 aliphatic rings. The molecule has 0 unspecified atom stereocenters. The van der Waals surface area contributed by atoms with Gasteiger partial charge >= 0.3 is 6.18 Å². The van der Waals surface area contributed by atoms with Gasteiger partial charge in [-0.3, -0.25) is 4.79 Å². The molecule has 0 N–H and O–H groups in total. The van der Waals surface area contributed by atoms with Gasteiger partial charge < -0.3 is 4.90 Å². The number of hydrogen-bond acceptors (Lipinski definition) is 4. The van der Waals surface area contributed by atoms with E-state index in [0.29, 0.717) is 11.3 Å². The zero-order valence-electron chi connectivity index (χ0n) is 13.4. The van der Waals surface area contributed by atoms with Gasteiger partial charge in [0.2, 0.25) is 5.82 Å². The van der Waals surface area contributed by atoms with Gasteiger partial charge in [-0.05, 0) is 30.7 Å². The fraction of sp³-hybridized carbons (Fsp3) is 0.250. The van der Waals surface area contributed by atoms with Crippen LogP contribution in [0.4, 0.5) is 13.2 Å². The van der Waals surface area contributed by atoms with E-state index in [9.17, 15) is 18.0 Å². The smallest absolute Gasteiger partial charge is 0.335 e. The van der Waals surface area contributed by atoms with Gasteiger partial charge in [-0.2, -0.15) is 18.2 Å². The highest BCUT2D eigenvalue weighted by Gasteiger charge is 2.30. The third-order valence-corrected chi connectivity index (χ3v) is 3.67. The third kappa shape index (κ3) is 3.44. The lowest BCUT2D eigenvalue weighted by Gasteiger charge is -2.16. The second-order valence-electron chi connectivity index (χ2n) is 5.59. The van der Waals surface area contributed by atoms with Crippen LogP contribution < -0.4 is 0 Å². The molecule has 0 bridgehead atoms. The summed E-state index contributed by atoms with van der Waals surface area (Å²) in [6.07, 6.45) is -2.81. The number of amides is 1. The second-order valence-corrected chi connectivity index (χ2v) is 5.59. The first kappa shape index (κ1) is 16.9. The van der Waals surface area contributed by atoms with E-state index in [4.69, 9.17) is 0 Å². The molecule has 0 saturated heterocycles. The average Bonchev–Trinajstić information content (AvgIpc) is 2.99. The fourth-order valence-electron chi connectivity index (χ4n) is 2.31. The maximum atomic E-state index is 12.6. The van der Waals surface area contributed by atoms with Crippen molar-refractivity contribution in [3.8, 4) is 0 Å². The number of fused-ring (bicyclic) bond motifs is 1. The van der Waals surface area contributed by atoms with Crippen LogP contribution in [-0.2, 0) is 12.7 Å². The van der Waals surface area contributed by atoms with Crippen molar-refractivity contribution < 1.29 is 18.0 Å². The van der Waals surface area contributed by atoms with Gasteiger partial charge in [0.25, 0.3) is 11.7 Å². The maximum Gasteiger partial charge on any atom is 0.416 e. The minimum atomic E-state index is -4.38. The van der Waals surface area contributed by atoms with Crippen LogP contribution >= 0.6 is 0 Å². The van der Waals surface area contributed by atoms with Crippen molar-refractivity contribution in [2.24, 2.45) is 0 Å². The number of aromatic nitrogens is 4. The number of benzene rings is 1. The zero-order valence-corrected chi connectivity index (χ0v) is 13.4. The highest BCUT2D eigenvalue weighted by atomic mass is 19.4. The Hall–Kier alpha value is -2.97. The topological polar surface area (TPSA) is 63.4 Å². The lowest BCUT2D eigenvalue weighted by atomic mass is 10.1. The number of carbonyl (C=O) groups is 1. The molecule has 130 valence electrons. The summed E-state index contributed by atoms with van der Waals surface area (Å²) in [5, 5.41) is 4.12. The number of aryl methyl sites for hydroxylation is 1. The van der Waals surface area contributed by atoms with Crippen molar-refractivity contribution in [3.05, 3.63) is 59.2 Å². The van der Waals surface area contributed by atoms with Crippen LogP contribution in [0.1, 0.15) is 27.4 Å². The van der Waals surface area contributed by atoms with Crippen molar-refractivity contribution in [1.29, 1.82) is 0 Å². The van der Waals surface area contributed by atoms with Crippen molar-refractivity contribution in [1.82, 2.24) is 24.5 Å². The summed E-state index contributed by atoms with van der Waals surface area (Å²) in [6, 6.07) is 6.40. The van der Waals surface area contributed by atoms with Gasteiger partial charge in [0, 0.05) is 25.5 Å². The van der Waals surface area contributed by atoms with Crippen molar-refractivity contribution in [3.63, 3.8) is 0 Å². The Morgan fingerprint density at radius 1 is 1.20 bits per heavy atom. The Labute approximate surface area is 140 Å². The average molecular weight is 349 g/mol. The summed E-state index contributed by atoms with van der Waals surface area (Å²) in [7, 11) is 1.53. The molecule has 0 saturated carbocycles. The third-order valence-electron chi connectivity index (χ3n) is 3.67. The van der Waals surface area contributed by atoms with Crippen LogP contribution in [0.3, 0.4) is 0 Å². The van der Waals surface area contributed by atoms with E-state index >= 15 is 0 Å². The number of halogens is 3. The van der Waals surface area contributed by atoms with Crippen molar-refractivity contribution in [2.45, 2.75) is 19.6 Å². The van der Waals surface area contributed by atoms with E-state index in [-0.39, 0.29) is 12.4 Å². The molecule has 1 aromatic carbocycles. The summed E-state index contributed by atoms with van der Waals surface area (Å²) >= 11 is 0. The van der Waals surface area contributed by atoms with Gasteiger partial charge in [-0.15, -0.1) is 5.10 Å². The Kier molecular flexibility index (Phi) is 4.15. The maximum absolute atomic E-state index is 12.6. The summed E-state index contributed by atoms with van der Waals surface area (Å²) < 4.78 is 39.2. The van der Waals surface area contributed by atoms with Crippen molar-refractivity contribution >= 4 is 11.7 Å². The first-order valence-corrected chi connectivity index (χ1v) is 7.35. The largest absolute Gasteiger partial charge is 0.416 e. The monoisotopic (exact) mass is 349 g/mol. The zero-order chi connectivity index (χ0) is 18.2. The predicted molar refractivity (Wildman–Crippen MR) is 82.8 cm³/mol. The summed E-state index contributed by atoms with van der Waals surface area (Å²) in [4.78, 5) is 21.9. The van der Waals surface area contributed by atoms with Gasteiger partial charge in [0.05, 0.1) is 5.56 Å². The number of carbonyl (C=O) groups excluding carboxylic acids is 1. The number of alkyl halides is 3. The Morgan fingerprint density at radius 3 is 2.48 bits per heavy atom. The standard InChI is InChI=1S/C16H14F3N5O/c1-10-7-8-20-15-21-13(22-24(10)15)14(25)23(2)9-11-3-5-12(6-4-11)16(17,18)19/h3-8H,9H2,1-2H3. The molecule has 6 nitrogen and oxygen atoms in total. The summed E-state index contributed by atoms with van der Waals surface area (Å²) in [5.41, 5.74) is 0.623. The van der Waals surface area contributed by atoms with Gasteiger partial charge in [-0.25, -0.2) is 9.50 Å². The van der Waals surface area contributed by atoms with Gasteiger partial charge in [0.15, 0.2) is 0 Å². The second kappa shape index (κ2) is 6.15. The molecule has 0 aliphatic carbocycles. The van der Waals surface area contributed by atoms with Crippen LogP contribution in [0.25, 0.3) is 5.78 Å². The summed E-state index contributed by atoms with van der Waals surface area (Å²) in [6.45, 7) is 1.95. The molecule has 2 aromatic heterocycles. The molecule has 2 heterocycles. The van der Waals surface area contributed by atoms with E-state index in [1.807, 2.05) is 6.92 Å². The first-order valence-electron chi connectivity index (χ1n) is 7.35. The van der Waals surface area contributed by atoms with E-state index in [0.717, 1.165) is 17.8 Å². The predicted octanol–water partition coefficient (Wildman–Crippen LogP) is 2.72. The normalized spacial score (nSPS) is 11.7. The number of rotatable bonds is 3. The van der Waals surface area contributed by atoms with Crippen LogP contribution in [0.15, 0.2) is 36.5 Å². The molecular weight excluding hydrogens is 335 g/mol. The van der Waals surface area contributed by atoms with Crippen LogP contribution in [0, 0.1) is 6.92 Å². The lowest BCUT2D eigenvalue weighted by molar-refractivity contribution is -0.137. The molecule has 9 heteroatoms. The van der Waals surface area contributed by atoms with Crippen LogP contribution in [-0.4, -0.2) is 37.4 Å². The Balaban J connectivity index is 1.76. The first-order chi connectivity index (χ1) is 11.8. The molecule has 1 amide bonds. The molecule has 3 aromatic rings. The van der Waals surface area contributed by atoms with E-state index in [1.54, 1.807) is 12.3 Å². The van der Waals surface area contributed by atoms with Gasteiger partial charge in [-0.1, -0.05) is 12.1 Å². The molecule has 0 fully saturated rings. The lowest BCUT2D eigenvalue weighted by Crippen LogP contribution is -2.27.